The van der Waals surface area contributed by atoms with Crippen LogP contribution < -0.4 is 14.8 Å². The number of esters is 1. The molecule has 2 aromatic carbocycles. The first kappa shape index (κ1) is 22.4. The van der Waals surface area contributed by atoms with Gasteiger partial charge < -0.3 is 19.5 Å². The average Bonchev–Trinajstić information content (AvgIpc) is 2.78. The van der Waals surface area contributed by atoms with E-state index in [9.17, 15) is 9.59 Å². The third-order valence-corrected chi connectivity index (χ3v) is 5.03. The molecule has 1 aliphatic rings. The summed E-state index contributed by atoms with van der Waals surface area (Å²) in [6.45, 7) is 4.54. The van der Waals surface area contributed by atoms with Crippen LogP contribution in [0.2, 0.25) is 0 Å². The standard InChI is InChI=1S/C25H29NO5/c1-3-29-22-14-12-18(16-23(22)30-4-2)13-15-25(28)31-17-24(27)26-21-11-7-9-19-8-5-6-10-20(19)21/h5-6,8,10,12-16,21H,3-4,7,9,11,17H2,1-2H3,(H,26,27)/b15-13+/t21-/m1/s1. The molecule has 0 aliphatic heterocycles. The molecule has 31 heavy (non-hydrogen) atoms. The number of benzene rings is 2. The lowest BCUT2D eigenvalue weighted by Crippen LogP contribution is -2.34. The van der Waals surface area contributed by atoms with E-state index in [4.69, 9.17) is 14.2 Å². The minimum absolute atomic E-state index is 0.0347. The van der Waals surface area contributed by atoms with Gasteiger partial charge in [0.1, 0.15) is 0 Å². The molecule has 0 fully saturated rings. The van der Waals surface area contributed by atoms with Crippen molar-refractivity contribution in [3.8, 4) is 11.5 Å². The molecule has 1 aliphatic carbocycles. The maximum atomic E-state index is 12.3. The van der Waals surface area contributed by atoms with Crippen LogP contribution in [0.15, 0.2) is 48.5 Å². The van der Waals surface area contributed by atoms with Crippen LogP contribution >= 0.6 is 0 Å². The minimum Gasteiger partial charge on any atom is -0.490 e. The van der Waals surface area contributed by atoms with Crippen LogP contribution in [-0.2, 0) is 20.7 Å². The Morgan fingerprint density at radius 1 is 1.06 bits per heavy atom. The van der Waals surface area contributed by atoms with E-state index in [2.05, 4.69) is 11.4 Å². The number of fused-ring (bicyclic) bond motifs is 1. The largest absolute Gasteiger partial charge is 0.490 e. The fraction of sp³-hybridized carbons (Fsp3) is 0.360. The van der Waals surface area contributed by atoms with Crippen molar-refractivity contribution in [2.45, 2.75) is 39.2 Å². The van der Waals surface area contributed by atoms with E-state index < -0.39 is 5.97 Å². The molecule has 1 amide bonds. The van der Waals surface area contributed by atoms with E-state index >= 15 is 0 Å². The summed E-state index contributed by atoms with van der Waals surface area (Å²) in [6.07, 6.45) is 5.86. The van der Waals surface area contributed by atoms with E-state index in [-0.39, 0.29) is 18.6 Å². The normalized spacial score (nSPS) is 15.2. The number of nitrogens with one attached hydrogen (secondary N) is 1. The summed E-state index contributed by atoms with van der Waals surface area (Å²) in [4.78, 5) is 24.3. The zero-order chi connectivity index (χ0) is 22.1. The van der Waals surface area contributed by atoms with Crippen LogP contribution in [-0.4, -0.2) is 31.7 Å². The molecular formula is C25H29NO5. The summed E-state index contributed by atoms with van der Waals surface area (Å²) in [7, 11) is 0. The summed E-state index contributed by atoms with van der Waals surface area (Å²) in [5.41, 5.74) is 3.18. The summed E-state index contributed by atoms with van der Waals surface area (Å²) in [6, 6.07) is 13.5. The van der Waals surface area contributed by atoms with Gasteiger partial charge in [0.2, 0.25) is 0 Å². The Labute approximate surface area is 183 Å². The van der Waals surface area contributed by atoms with Gasteiger partial charge in [-0.15, -0.1) is 0 Å². The van der Waals surface area contributed by atoms with E-state index in [0.717, 1.165) is 30.4 Å². The molecule has 0 saturated heterocycles. The molecule has 0 heterocycles. The molecule has 0 spiro atoms. The van der Waals surface area contributed by atoms with Crippen LogP contribution in [0.25, 0.3) is 6.08 Å². The number of carbonyl (C=O) groups excluding carboxylic acids is 2. The lowest BCUT2D eigenvalue weighted by molar-refractivity contribution is -0.144. The Kier molecular flexibility index (Phi) is 8.10. The van der Waals surface area contributed by atoms with Crippen LogP contribution in [0.1, 0.15) is 49.4 Å². The lowest BCUT2D eigenvalue weighted by Gasteiger charge is -2.26. The zero-order valence-corrected chi connectivity index (χ0v) is 18.1. The first-order valence-corrected chi connectivity index (χ1v) is 10.7. The van der Waals surface area contributed by atoms with E-state index in [1.165, 1.54) is 11.6 Å². The maximum absolute atomic E-state index is 12.3. The quantitative estimate of drug-likeness (QED) is 0.483. The highest BCUT2D eigenvalue weighted by Gasteiger charge is 2.21. The number of ether oxygens (including phenoxy) is 3. The number of aryl methyl sites for hydroxylation is 1. The number of hydrogen-bond donors (Lipinski definition) is 1. The highest BCUT2D eigenvalue weighted by molar-refractivity contribution is 5.89. The highest BCUT2D eigenvalue weighted by atomic mass is 16.5. The molecule has 1 atom stereocenters. The van der Waals surface area contributed by atoms with Crippen LogP contribution in [0.4, 0.5) is 0 Å². The van der Waals surface area contributed by atoms with Gasteiger partial charge in [0.15, 0.2) is 18.1 Å². The van der Waals surface area contributed by atoms with Gasteiger partial charge in [-0.2, -0.15) is 0 Å². The fourth-order valence-electron chi connectivity index (χ4n) is 3.66. The van der Waals surface area contributed by atoms with Crippen molar-refractivity contribution in [1.82, 2.24) is 5.32 Å². The summed E-state index contributed by atoms with van der Waals surface area (Å²) in [5, 5.41) is 2.97. The van der Waals surface area contributed by atoms with Crippen molar-refractivity contribution in [3.05, 3.63) is 65.2 Å². The Morgan fingerprint density at radius 2 is 1.84 bits per heavy atom. The zero-order valence-electron chi connectivity index (χ0n) is 18.1. The van der Waals surface area contributed by atoms with Gasteiger partial charge >= 0.3 is 5.97 Å². The second kappa shape index (κ2) is 11.2. The minimum atomic E-state index is -0.578. The van der Waals surface area contributed by atoms with Gasteiger partial charge in [-0.05, 0) is 68.0 Å². The van der Waals surface area contributed by atoms with Crippen molar-refractivity contribution in [2.75, 3.05) is 19.8 Å². The van der Waals surface area contributed by atoms with Gasteiger partial charge in [-0.25, -0.2) is 4.79 Å². The third-order valence-electron chi connectivity index (χ3n) is 5.03. The van der Waals surface area contributed by atoms with E-state index in [1.807, 2.05) is 38.1 Å². The second-order valence-electron chi connectivity index (χ2n) is 7.22. The molecule has 164 valence electrons. The first-order valence-electron chi connectivity index (χ1n) is 10.7. The lowest BCUT2D eigenvalue weighted by atomic mass is 9.88. The number of carbonyl (C=O) groups is 2. The molecule has 0 bridgehead atoms. The van der Waals surface area contributed by atoms with E-state index in [1.54, 1.807) is 18.2 Å². The van der Waals surface area contributed by atoms with Crippen LogP contribution in [0, 0.1) is 0 Å². The molecular weight excluding hydrogens is 394 g/mol. The monoisotopic (exact) mass is 423 g/mol. The summed E-state index contributed by atoms with van der Waals surface area (Å²) >= 11 is 0. The molecule has 6 heteroatoms. The van der Waals surface area contributed by atoms with Gasteiger partial charge in [-0.3, -0.25) is 4.79 Å². The van der Waals surface area contributed by atoms with Crippen molar-refractivity contribution >= 4 is 18.0 Å². The first-order chi connectivity index (χ1) is 15.1. The van der Waals surface area contributed by atoms with Gasteiger partial charge in [0.05, 0.1) is 19.3 Å². The van der Waals surface area contributed by atoms with E-state index in [0.29, 0.717) is 24.7 Å². The molecule has 0 aromatic heterocycles. The Bertz CT molecular complexity index is 937. The van der Waals surface area contributed by atoms with Crippen molar-refractivity contribution < 1.29 is 23.8 Å². The number of rotatable bonds is 9. The SMILES string of the molecule is CCOc1ccc(/C=C/C(=O)OCC(=O)N[C@@H]2CCCc3ccccc32)cc1OCC. The number of amides is 1. The number of hydrogen-bond acceptors (Lipinski definition) is 5. The van der Waals surface area contributed by atoms with Crippen molar-refractivity contribution in [3.63, 3.8) is 0 Å². The molecule has 1 N–H and O–H groups in total. The molecule has 3 rings (SSSR count). The van der Waals surface area contributed by atoms with Crippen LogP contribution in [0.5, 0.6) is 11.5 Å². The van der Waals surface area contributed by atoms with Gasteiger partial charge in [0, 0.05) is 6.08 Å². The summed E-state index contributed by atoms with van der Waals surface area (Å²) < 4.78 is 16.2. The molecule has 2 aromatic rings. The second-order valence-corrected chi connectivity index (χ2v) is 7.22. The molecule has 0 saturated carbocycles. The smallest absolute Gasteiger partial charge is 0.331 e. The average molecular weight is 424 g/mol. The van der Waals surface area contributed by atoms with Crippen molar-refractivity contribution in [2.24, 2.45) is 0 Å². The Balaban J connectivity index is 1.51. The third kappa shape index (κ3) is 6.35. The van der Waals surface area contributed by atoms with Crippen LogP contribution in [0.3, 0.4) is 0 Å². The topological polar surface area (TPSA) is 73.9 Å². The maximum Gasteiger partial charge on any atom is 0.331 e. The van der Waals surface area contributed by atoms with Crippen molar-refractivity contribution in [1.29, 1.82) is 0 Å². The highest BCUT2D eigenvalue weighted by Crippen LogP contribution is 2.30. The molecule has 0 radical (unpaired) electrons. The van der Waals surface area contributed by atoms with Gasteiger partial charge in [0.25, 0.3) is 5.91 Å². The molecule has 6 nitrogen and oxygen atoms in total. The summed E-state index contributed by atoms with van der Waals surface area (Å²) in [5.74, 6) is 0.395. The predicted octanol–water partition coefficient (Wildman–Crippen LogP) is 4.23. The Hall–Kier alpha value is -3.28. The fourth-order valence-corrected chi connectivity index (χ4v) is 3.66. The Morgan fingerprint density at radius 3 is 2.65 bits per heavy atom. The predicted molar refractivity (Wildman–Crippen MR) is 119 cm³/mol. The molecule has 0 unspecified atom stereocenters. The van der Waals surface area contributed by atoms with Gasteiger partial charge in [-0.1, -0.05) is 30.3 Å².